The number of methoxy groups -OCH3 is 1. The number of benzene rings is 1. The second-order valence-corrected chi connectivity index (χ2v) is 6.75. The molecule has 5 nitrogen and oxygen atoms in total. The molecule has 1 aromatic rings. The van der Waals surface area contributed by atoms with E-state index in [2.05, 4.69) is 61.2 Å². The second kappa shape index (κ2) is 14.1. The van der Waals surface area contributed by atoms with Crippen molar-refractivity contribution in [2.45, 2.75) is 59.7 Å². The summed E-state index contributed by atoms with van der Waals surface area (Å²) >= 11 is 0. The van der Waals surface area contributed by atoms with E-state index < -0.39 is 0 Å². The summed E-state index contributed by atoms with van der Waals surface area (Å²) in [7, 11) is 1.69. The molecule has 0 saturated heterocycles. The topological polar surface area (TPSA) is 48.9 Å². The van der Waals surface area contributed by atoms with Gasteiger partial charge in [-0.15, -0.1) is 24.0 Å². The van der Waals surface area contributed by atoms with E-state index in [0.717, 1.165) is 43.3 Å². The van der Waals surface area contributed by atoms with Gasteiger partial charge in [-0.2, -0.15) is 0 Å². The van der Waals surface area contributed by atoms with Crippen molar-refractivity contribution in [3.05, 3.63) is 29.8 Å². The fourth-order valence-electron chi connectivity index (χ4n) is 2.86. The Labute approximate surface area is 177 Å². The molecular formula is C20H37IN4O. The Morgan fingerprint density at radius 3 is 2.42 bits per heavy atom. The zero-order valence-corrected chi connectivity index (χ0v) is 19.5. The predicted octanol–water partition coefficient (Wildman–Crippen LogP) is 3.88. The fourth-order valence-corrected chi connectivity index (χ4v) is 2.86. The number of rotatable bonds is 10. The highest BCUT2D eigenvalue weighted by Gasteiger charge is 2.12. The van der Waals surface area contributed by atoms with Crippen LogP contribution in [0.15, 0.2) is 29.3 Å². The van der Waals surface area contributed by atoms with Crippen LogP contribution in [0.5, 0.6) is 5.75 Å². The van der Waals surface area contributed by atoms with E-state index in [1.54, 1.807) is 7.11 Å². The molecule has 0 aliphatic heterocycles. The first-order valence-electron chi connectivity index (χ1n) is 9.38. The van der Waals surface area contributed by atoms with Gasteiger partial charge in [0.25, 0.3) is 0 Å². The molecule has 0 aliphatic carbocycles. The van der Waals surface area contributed by atoms with E-state index in [9.17, 15) is 0 Å². The van der Waals surface area contributed by atoms with E-state index in [0.29, 0.717) is 18.6 Å². The molecule has 0 radical (unpaired) electrons. The zero-order chi connectivity index (χ0) is 18.7. The summed E-state index contributed by atoms with van der Waals surface area (Å²) in [6.07, 6.45) is 1.10. The maximum Gasteiger partial charge on any atom is 0.191 e. The molecule has 1 rings (SSSR count). The molecule has 0 atom stereocenters. The number of aliphatic imine (C=N–C) groups is 1. The van der Waals surface area contributed by atoms with E-state index in [1.165, 1.54) is 0 Å². The molecule has 6 heteroatoms. The van der Waals surface area contributed by atoms with Gasteiger partial charge in [0.15, 0.2) is 5.96 Å². The largest absolute Gasteiger partial charge is 0.497 e. The van der Waals surface area contributed by atoms with Gasteiger partial charge in [0.05, 0.1) is 13.7 Å². The molecule has 1 aromatic carbocycles. The van der Waals surface area contributed by atoms with Crippen molar-refractivity contribution in [3.63, 3.8) is 0 Å². The molecule has 2 N–H and O–H groups in total. The van der Waals surface area contributed by atoms with E-state index >= 15 is 0 Å². The molecule has 0 saturated carbocycles. The Morgan fingerprint density at radius 2 is 1.85 bits per heavy atom. The fraction of sp³-hybridized carbons (Fsp3) is 0.650. The molecular weight excluding hydrogens is 439 g/mol. The molecule has 0 heterocycles. The lowest BCUT2D eigenvalue weighted by molar-refractivity contribution is 0.173. The molecule has 0 aromatic heterocycles. The van der Waals surface area contributed by atoms with Crippen LogP contribution in [-0.4, -0.2) is 49.7 Å². The van der Waals surface area contributed by atoms with Crippen molar-refractivity contribution in [2.24, 2.45) is 4.99 Å². The number of halogens is 1. The Hall–Kier alpha value is -1.02. The standard InChI is InChI=1S/C20H36N4O.HI/c1-7-21-20(22-12-9-13-24(16(2)3)17(4)5)23-15-18-10-8-11-19(14-18)25-6;/h8,10-11,14,16-17H,7,9,12-13,15H2,1-6H3,(H2,21,22,23);1H. The molecule has 0 fully saturated rings. The van der Waals surface area contributed by atoms with Crippen LogP contribution >= 0.6 is 24.0 Å². The number of ether oxygens (including phenoxy) is 1. The SMILES string of the molecule is CCNC(=NCc1cccc(OC)c1)NCCCN(C(C)C)C(C)C.I. The van der Waals surface area contributed by atoms with Crippen molar-refractivity contribution >= 4 is 29.9 Å². The van der Waals surface area contributed by atoms with E-state index in [-0.39, 0.29) is 24.0 Å². The lowest BCUT2D eigenvalue weighted by atomic mass is 10.2. The van der Waals surface area contributed by atoms with E-state index in [4.69, 9.17) is 4.74 Å². The van der Waals surface area contributed by atoms with Gasteiger partial charge < -0.3 is 15.4 Å². The quantitative estimate of drug-likeness (QED) is 0.233. The molecule has 0 amide bonds. The summed E-state index contributed by atoms with van der Waals surface area (Å²) in [5.74, 6) is 1.74. The Balaban J connectivity index is 0.00000625. The number of hydrogen-bond donors (Lipinski definition) is 2. The third-order valence-corrected chi connectivity index (χ3v) is 4.11. The van der Waals surface area contributed by atoms with Crippen molar-refractivity contribution in [1.29, 1.82) is 0 Å². The van der Waals surface area contributed by atoms with Gasteiger partial charge in [0, 0.05) is 31.7 Å². The number of nitrogens with zero attached hydrogens (tertiary/aromatic N) is 2. The number of nitrogens with one attached hydrogen (secondary N) is 2. The van der Waals surface area contributed by atoms with Crippen molar-refractivity contribution in [2.75, 3.05) is 26.7 Å². The highest BCUT2D eigenvalue weighted by Crippen LogP contribution is 2.13. The minimum Gasteiger partial charge on any atom is -0.497 e. The summed E-state index contributed by atoms with van der Waals surface area (Å²) < 4.78 is 5.27. The smallest absolute Gasteiger partial charge is 0.191 e. The maximum absolute atomic E-state index is 5.27. The van der Waals surface area contributed by atoms with Crippen LogP contribution in [0.25, 0.3) is 0 Å². The van der Waals surface area contributed by atoms with Crippen molar-refractivity contribution < 1.29 is 4.74 Å². The highest BCUT2D eigenvalue weighted by atomic mass is 127. The molecule has 26 heavy (non-hydrogen) atoms. The van der Waals surface area contributed by atoms with Crippen LogP contribution in [-0.2, 0) is 6.54 Å². The minimum absolute atomic E-state index is 0. The molecule has 0 unspecified atom stereocenters. The van der Waals surface area contributed by atoms with Crippen LogP contribution in [0.1, 0.15) is 46.6 Å². The van der Waals surface area contributed by atoms with Crippen LogP contribution < -0.4 is 15.4 Å². The van der Waals surface area contributed by atoms with Gasteiger partial charge in [-0.1, -0.05) is 12.1 Å². The Morgan fingerprint density at radius 1 is 1.15 bits per heavy atom. The average Bonchev–Trinajstić information content (AvgIpc) is 2.58. The van der Waals surface area contributed by atoms with E-state index in [1.807, 2.05) is 18.2 Å². The summed E-state index contributed by atoms with van der Waals surface area (Å²) in [6, 6.07) is 9.20. The Bertz CT molecular complexity index is 512. The predicted molar refractivity (Wildman–Crippen MR) is 123 cm³/mol. The third-order valence-electron chi connectivity index (χ3n) is 4.11. The average molecular weight is 476 g/mol. The third kappa shape index (κ3) is 9.62. The van der Waals surface area contributed by atoms with Gasteiger partial charge in [0.2, 0.25) is 0 Å². The van der Waals surface area contributed by atoms with Crippen LogP contribution in [0.3, 0.4) is 0 Å². The second-order valence-electron chi connectivity index (χ2n) is 6.75. The summed E-state index contributed by atoms with van der Waals surface area (Å²) in [5.41, 5.74) is 1.14. The number of guanidine groups is 1. The van der Waals surface area contributed by atoms with Crippen LogP contribution in [0.2, 0.25) is 0 Å². The van der Waals surface area contributed by atoms with Gasteiger partial charge in [0.1, 0.15) is 5.75 Å². The number of hydrogen-bond acceptors (Lipinski definition) is 3. The van der Waals surface area contributed by atoms with Gasteiger partial charge in [-0.3, -0.25) is 4.90 Å². The molecule has 0 aliphatic rings. The normalized spacial score (nSPS) is 11.7. The first-order chi connectivity index (χ1) is 12.0. The maximum atomic E-state index is 5.27. The first kappa shape index (κ1) is 25.0. The highest BCUT2D eigenvalue weighted by molar-refractivity contribution is 14.0. The monoisotopic (exact) mass is 476 g/mol. The zero-order valence-electron chi connectivity index (χ0n) is 17.2. The van der Waals surface area contributed by atoms with Crippen LogP contribution in [0, 0.1) is 0 Å². The van der Waals surface area contributed by atoms with Gasteiger partial charge in [-0.05, 0) is 58.7 Å². The summed E-state index contributed by atoms with van der Waals surface area (Å²) in [4.78, 5) is 7.19. The lowest BCUT2D eigenvalue weighted by Gasteiger charge is -2.30. The minimum atomic E-state index is 0. The molecule has 0 bridgehead atoms. The first-order valence-corrected chi connectivity index (χ1v) is 9.38. The lowest BCUT2D eigenvalue weighted by Crippen LogP contribution is -2.41. The summed E-state index contributed by atoms with van der Waals surface area (Å²) in [5, 5.41) is 6.74. The molecule has 150 valence electrons. The Kier molecular flexibility index (Phi) is 13.5. The van der Waals surface area contributed by atoms with Crippen molar-refractivity contribution in [3.8, 4) is 5.75 Å². The van der Waals surface area contributed by atoms with Crippen LogP contribution in [0.4, 0.5) is 0 Å². The van der Waals surface area contributed by atoms with Gasteiger partial charge in [-0.25, -0.2) is 4.99 Å². The summed E-state index contributed by atoms with van der Waals surface area (Å²) in [6.45, 7) is 14.6. The van der Waals surface area contributed by atoms with Gasteiger partial charge >= 0.3 is 0 Å². The van der Waals surface area contributed by atoms with Crippen molar-refractivity contribution in [1.82, 2.24) is 15.5 Å². The molecule has 0 spiro atoms.